The van der Waals surface area contributed by atoms with Crippen molar-refractivity contribution in [1.82, 2.24) is 10.2 Å². The molecule has 2 rings (SSSR count). The van der Waals surface area contributed by atoms with Gasteiger partial charge in [0.05, 0.1) is 16.6 Å². The van der Waals surface area contributed by atoms with Crippen LogP contribution in [0.2, 0.25) is 10.0 Å². The van der Waals surface area contributed by atoms with E-state index in [9.17, 15) is 4.79 Å². The van der Waals surface area contributed by atoms with Crippen molar-refractivity contribution in [1.29, 1.82) is 0 Å². The van der Waals surface area contributed by atoms with Crippen LogP contribution < -0.4 is 5.32 Å². The summed E-state index contributed by atoms with van der Waals surface area (Å²) < 4.78 is 0. The van der Waals surface area contributed by atoms with Crippen LogP contribution in [0.3, 0.4) is 0 Å². The lowest BCUT2D eigenvalue weighted by Crippen LogP contribution is -2.38. The monoisotopic (exact) mass is 314 g/mol. The standard InChI is InChI=1S/C15H20Cl2N2O/c1-2-19(15(20)9-18-8-11-3-4-11)10-12-5-6-13(16)14(17)7-12/h5-7,11,18H,2-4,8-10H2,1H3. The van der Waals surface area contributed by atoms with Gasteiger partial charge in [0.2, 0.25) is 5.91 Å². The van der Waals surface area contributed by atoms with Crippen LogP contribution in [0.4, 0.5) is 0 Å². The summed E-state index contributed by atoms with van der Waals surface area (Å²) in [6.07, 6.45) is 2.59. The predicted molar refractivity (Wildman–Crippen MR) is 83.1 cm³/mol. The first-order valence-electron chi connectivity index (χ1n) is 7.02. The Hall–Kier alpha value is -0.770. The number of nitrogens with one attached hydrogen (secondary N) is 1. The van der Waals surface area contributed by atoms with E-state index in [1.165, 1.54) is 12.8 Å². The Morgan fingerprint density at radius 2 is 2.10 bits per heavy atom. The number of likely N-dealkylation sites (N-methyl/N-ethyl adjacent to an activating group) is 1. The number of hydrogen-bond donors (Lipinski definition) is 1. The van der Waals surface area contributed by atoms with E-state index >= 15 is 0 Å². The maximum Gasteiger partial charge on any atom is 0.236 e. The van der Waals surface area contributed by atoms with Gasteiger partial charge in [-0.1, -0.05) is 29.3 Å². The molecule has 1 aliphatic rings. The molecule has 1 amide bonds. The molecule has 1 saturated carbocycles. The highest BCUT2D eigenvalue weighted by atomic mass is 35.5. The Balaban J connectivity index is 1.85. The SMILES string of the molecule is CCN(Cc1ccc(Cl)c(Cl)c1)C(=O)CNCC1CC1. The van der Waals surface area contributed by atoms with Crippen LogP contribution in [0.15, 0.2) is 18.2 Å². The average molecular weight is 315 g/mol. The van der Waals surface area contributed by atoms with Gasteiger partial charge in [0.25, 0.3) is 0 Å². The van der Waals surface area contributed by atoms with Crippen LogP contribution in [-0.2, 0) is 11.3 Å². The predicted octanol–water partition coefficient (Wildman–Crippen LogP) is 3.34. The summed E-state index contributed by atoms with van der Waals surface area (Å²) >= 11 is 11.9. The maximum absolute atomic E-state index is 12.1. The summed E-state index contributed by atoms with van der Waals surface area (Å²) in [5.74, 6) is 0.909. The Morgan fingerprint density at radius 1 is 1.35 bits per heavy atom. The van der Waals surface area contributed by atoms with Crippen molar-refractivity contribution in [2.45, 2.75) is 26.3 Å². The first-order chi connectivity index (χ1) is 9.60. The maximum atomic E-state index is 12.1. The highest BCUT2D eigenvalue weighted by Crippen LogP contribution is 2.27. The van der Waals surface area contributed by atoms with Crippen molar-refractivity contribution in [3.8, 4) is 0 Å². The van der Waals surface area contributed by atoms with Gasteiger partial charge in [-0.25, -0.2) is 0 Å². The molecule has 0 bridgehead atoms. The number of benzene rings is 1. The summed E-state index contributed by atoms with van der Waals surface area (Å²) in [7, 11) is 0. The fraction of sp³-hybridized carbons (Fsp3) is 0.533. The third-order valence-electron chi connectivity index (χ3n) is 3.50. The largest absolute Gasteiger partial charge is 0.338 e. The molecule has 0 heterocycles. The summed E-state index contributed by atoms with van der Waals surface area (Å²) in [4.78, 5) is 14.0. The molecule has 0 radical (unpaired) electrons. The second kappa shape index (κ2) is 7.30. The third kappa shape index (κ3) is 4.65. The molecule has 0 atom stereocenters. The fourth-order valence-corrected chi connectivity index (χ4v) is 2.37. The second-order valence-electron chi connectivity index (χ2n) is 5.23. The van der Waals surface area contributed by atoms with E-state index in [0.717, 1.165) is 18.0 Å². The number of hydrogen-bond acceptors (Lipinski definition) is 2. The molecular weight excluding hydrogens is 295 g/mol. The molecular formula is C15H20Cl2N2O. The number of carbonyl (C=O) groups excluding carboxylic acids is 1. The summed E-state index contributed by atoms with van der Waals surface area (Å²) in [6, 6.07) is 5.49. The van der Waals surface area contributed by atoms with Crippen molar-refractivity contribution in [2.24, 2.45) is 5.92 Å². The molecule has 0 aromatic heterocycles. The van der Waals surface area contributed by atoms with Gasteiger partial charge >= 0.3 is 0 Å². The van der Waals surface area contributed by atoms with Crippen LogP contribution in [0.1, 0.15) is 25.3 Å². The summed E-state index contributed by atoms with van der Waals surface area (Å²) in [5, 5.41) is 4.29. The summed E-state index contributed by atoms with van der Waals surface area (Å²) in [6.45, 7) is 4.60. The zero-order valence-electron chi connectivity index (χ0n) is 11.7. The lowest BCUT2D eigenvalue weighted by molar-refractivity contribution is -0.130. The molecule has 0 spiro atoms. The zero-order chi connectivity index (χ0) is 14.5. The highest BCUT2D eigenvalue weighted by Gasteiger charge is 2.21. The van der Waals surface area contributed by atoms with Gasteiger partial charge in [0, 0.05) is 13.1 Å². The average Bonchev–Trinajstić information content (AvgIpc) is 3.24. The van der Waals surface area contributed by atoms with Crippen molar-refractivity contribution >= 4 is 29.1 Å². The molecule has 1 N–H and O–H groups in total. The number of carbonyl (C=O) groups is 1. The third-order valence-corrected chi connectivity index (χ3v) is 4.24. The molecule has 0 unspecified atom stereocenters. The van der Waals surface area contributed by atoms with E-state index in [2.05, 4.69) is 5.32 Å². The van der Waals surface area contributed by atoms with Gasteiger partial charge in [-0.15, -0.1) is 0 Å². The molecule has 1 aromatic rings. The molecule has 1 fully saturated rings. The van der Waals surface area contributed by atoms with Crippen LogP contribution in [0.25, 0.3) is 0 Å². The van der Waals surface area contributed by atoms with Crippen molar-refractivity contribution in [3.63, 3.8) is 0 Å². The fourth-order valence-electron chi connectivity index (χ4n) is 2.05. The molecule has 3 nitrogen and oxygen atoms in total. The molecule has 0 saturated heterocycles. The van der Waals surface area contributed by atoms with E-state index in [0.29, 0.717) is 29.7 Å². The van der Waals surface area contributed by atoms with E-state index in [4.69, 9.17) is 23.2 Å². The topological polar surface area (TPSA) is 32.3 Å². The van der Waals surface area contributed by atoms with Gasteiger partial charge in [-0.2, -0.15) is 0 Å². The Labute approximate surface area is 130 Å². The van der Waals surface area contributed by atoms with E-state index < -0.39 is 0 Å². The second-order valence-corrected chi connectivity index (χ2v) is 6.05. The minimum Gasteiger partial charge on any atom is -0.338 e. The van der Waals surface area contributed by atoms with Gasteiger partial charge in [-0.3, -0.25) is 4.79 Å². The first kappa shape index (κ1) is 15.6. The smallest absolute Gasteiger partial charge is 0.236 e. The van der Waals surface area contributed by atoms with E-state index in [-0.39, 0.29) is 5.91 Å². The van der Waals surface area contributed by atoms with Crippen molar-refractivity contribution in [3.05, 3.63) is 33.8 Å². The molecule has 1 aliphatic carbocycles. The number of halogens is 2. The number of rotatable bonds is 7. The van der Waals surface area contributed by atoms with E-state index in [1.54, 1.807) is 6.07 Å². The van der Waals surface area contributed by atoms with Gasteiger partial charge < -0.3 is 10.2 Å². The van der Waals surface area contributed by atoms with Crippen molar-refractivity contribution in [2.75, 3.05) is 19.6 Å². The minimum atomic E-state index is 0.124. The first-order valence-corrected chi connectivity index (χ1v) is 7.78. The normalized spacial score (nSPS) is 14.3. The van der Waals surface area contributed by atoms with Gasteiger partial charge in [-0.05, 0) is 49.9 Å². The Morgan fingerprint density at radius 3 is 2.70 bits per heavy atom. The van der Waals surface area contributed by atoms with Gasteiger partial charge in [0.15, 0.2) is 0 Å². The van der Waals surface area contributed by atoms with Crippen LogP contribution in [0.5, 0.6) is 0 Å². The molecule has 0 aliphatic heterocycles. The van der Waals surface area contributed by atoms with Crippen LogP contribution in [0, 0.1) is 5.92 Å². The highest BCUT2D eigenvalue weighted by molar-refractivity contribution is 6.42. The summed E-state index contributed by atoms with van der Waals surface area (Å²) in [5.41, 5.74) is 0.997. The van der Waals surface area contributed by atoms with Crippen molar-refractivity contribution < 1.29 is 4.79 Å². The lowest BCUT2D eigenvalue weighted by atomic mass is 10.2. The lowest BCUT2D eigenvalue weighted by Gasteiger charge is -2.21. The molecule has 110 valence electrons. The molecule has 5 heteroatoms. The van der Waals surface area contributed by atoms with Gasteiger partial charge in [0.1, 0.15) is 0 Å². The Kier molecular flexibility index (Phi) is 5.70. The van der Waals surface area contributed by atoms with E-state index in [1.807, 2.05) is 24.0 Å². The number of nitrogens with zero attached hydrogens (tertiary/aromatic N) is 1. The quantitative estimate of drug-likeness (QED) is 0.837. The van der Waals surface area contributed by atoms with Crippen LogP contribution >= 0.6 is 23.2 Å². The Bertz CT molecular complexity index is 475. The minimum absolute atomic E-state index is 0.124. The molecule has 1 aromatic carbocycles. The number of amides is 1. The molecule has 20 heavy (non-hydrogen) atoms. The van der Waals surface area contributed by atoms with Crippen LogP contribution in [-0.4, -0.2) is 30.4 Å². The zero-order valence-corrected chi connectivity index (χ0v) is 13.2.